The Morgan fingerprint density at radius 1 is 1.25 bits per heavy atom. The molecule has 2 amide bonds. The molecule has 3 fully saturated rings. The molecule has 2 aliphatic heterocycles. The van der Waals surface area contributed by atoms with Crippen LogP contribution in [0.25, 0.3) is 0 Å². The maximum atomic E-state index is 13.1. The molecular weight excluding hydrogens is 400 g/mol. The number of nitrogens with one attached hydrogen (secondary N) is 1. The number of hydrogen-bond donors (Lipinski definition) is 2. The summed E-state index contributed by atoms with van der Waals surface area (Å²) in [5.41, 5.74) is -0.183. The second-order valence-corrected chi connectivity index (χ2v) is 10.8. The van der Waals surface area contributed by atoms with Crippen molar-refractivity contribution < 1.29 is 19.5 Å². The van der Waals surface area contributed by atoms with E-state index in [9.17, 15) is 19.2 Å². The minimum Gasteiger partial charge on any atom is -0.481 e. The highest BCUT2D eigenvalue weighted by Crippen LogP contribution is 2.69. The van der Waals surface area contributed by atoms with Gasteiger partial charge in [0.25, 0.3) is 0 Å². The van der Waals surface area contributed by atoms with Crippen molar-refractivity contribution >= 4 is 40.9 Å². The van der Waals surface area contributed by atoms with Crippen LogP contribution in [0.2, 0.25) is 0 Å². The van der Waals surface area contributed by atoms with Crippen molar-refractivity contribution in [2.24, 2.45) is 29.6 Å². The fraction of sp³-hybridized carbons (Fsp3) is 0.684. The summed E-state index contributed by atoms with van der Waals surface area (Å²) in [5, 5.41) is 10.1. The van der Waals surface area contributed by atoms with Crippen LogP contribution in [-0.4, -0.2) is 44.6 Å². The number of thioether (sulfide) groups is 1. The summed E-state index contributed by atoms with van der Waals surface area (Å²) < 4.78 is 0. The number of aromatic amines is 1. The monoisotopic (exact) mass is 422 g/mol. The van der Waals surface area contributed by atoms with Crippen LogP contribution in [0, 0.1) is 29.6 Å². The molecule has 5 rings (SSSR count). The molecule has 3 heterocycles. The Morgan fingerprint density at radius 2 is 1.93 bits per heavy atom. The second kappa shape index (κ2) is 5.95. The number of likely N-dealkylation sites (tertiary alicyclic amines) is 1. The van der Waals surface area contributed by atoms with Crippen LogP contribution in [0.5, 0.6) is 0 Å². The number of aliphatic carboxylic acids is 1. The van der Waals surface area contributed by atoms with Gasteiger partial charge in [0.05, 0.1) is 23.3 Å². The molecule has 28 heavy (non-hydrogen) atoms. The molecule has 1 aromatic heterocycles. The molecule has 7 atom stereocenters. The first kappa shape index (κ1) is 18.4. The molecule has 0 spiro atoms. The lowest BCUT2D eigenvalue weighted by molar-refractivity contribution is -0.142. The molecule has 2 aliphatic carbocycles. The van der Waals surface area contributed by atoms with E-state index in [1.165, 1.54) is 16.2 Å². The third-order valence-electron chi connectivity index (χ3n) is 7.60. The summed E-state index contributed by atoms with van der Waals surface area (Å²) in [7, 11) is 0. The topological polar surface area (TPSA) is 108 Å². The van der Waals surface area contributed by atoms with Gasteiger partial charge >= 0.3 is 10.8 Å². The third-order valence-corrected chi connectivity index (χ3v) is 10.4. The lowest BCUT2D eigenvalue weighted by atomic mass is 9.62. The molecular formula is C19H22N2O5S2. The zero-order valence-corrected chi connectivity index (χ0v) is 17.3. The average Bonchev–Trinajstić information content (AvgIpc) is 3.36. The van der Waals surface area contributed by atoms with Gasteiger partial charge in [-0.15, -0.1) is 11.8 Å². The van der Waals surface area contributed by atoms with E-state index in [-0.39, 0.29) is 69.9 Å². The van der Waals surface area contributed by atoms with Crippen molar-refractivity contribution in [1.82, 2.24) is 9.88 Å². The van der Waals surface area contributed by atoms with Gasteiger partial charge in [-0.1, -0.05) is 25.2 Å². The predicted molar refractivity (Wildman–Crippen MR) is 103 cm³/mol. The summed E-state index contributed by atoms with van der Waals surface area (Å²) in [6.07, 6.45) is 1.54. The zero-order valence-electron chi connectivity index (χ0n) is 15.6. The lowest BCUT2D eigenvalue weighted by Gasteiger charge is -2.48. The Bertz CT molecular complexity index is 954. The summed E-state index contributed by atoms with van der Waals surface area (Å²) in [4.78, 5) is 54.2. The van der Waals surface area contributed by atoms with Crippen molar-refractivity contribution in [3.05, 3.63) is 14.5 Å². The Kier molecular flexibility index (Phi) is 3.91. The van der Waals surface area contributed by atoms with Crippen LogP contribution in [0.15, 0.2) is 9.82 Å². The number of thiazole rings is 1. The van der Waals surface area contributed by atoms with E-state index in [0.29, 0.717) is 0 Å². The fourth-order valence-electron chi connectivity index (χ4n) is 6.38. The molecule has 1 aromatic rings. The van der Waals surface area contributed by atoms with Gasteiger partial charge in [-0.05, 0) is 30.6 Å². The summed E-state index contributed by atoms with van der Waals surface area (Å²) in [6, 6.07) is 0. The van der Waals surface area contributed by atoms with Crippen molar-refractivity contribution in [2.45, 2.75) is 48.8 Å². The number of H-pyrrole nitrogens is 1. The van der Waals surface area contributed by atoms with Crippen LogP contribution < -0.4 is 4.87 Å². The predicted octanol–water partition coefficient (Wildman–Crippen LogP) is 1.92. The number of carboxylic acid groups (broad SMARTS) is 1. The van der Waals surface area contributed by atoms with E-state index in [0.717, 1.165) is 22.7 Å². The zero-order chi connectivity index (χ0) is 20.0. The van der Waals surface area contributed by atoms with Crippen LogP contribution in [0.1, 0.15) is 38.0 Å². The molecule has 2 N–H and O–H groups in total. The number of carbonyl (C=O) groups excluding carboxylic acids is 2. The molecule has 2 bridgehead atoms. The average molecular weight is 423 g/mol. The Balaban J connectivity index is 1.53. The Morgan fingerprint density at radius 3 is 2.57 bits per heavy atom. The van der Waals surface area contributed by atoms with Gasteiger partial charge in [0.2, 0.25) is 11.8 Å². The quantitative estimate of drug-likeness (QED) is 0.718. The van der Waals surface area contributed by atoms with Crippen molar-refractivity contribution in [3.8, 4) is 0 Å². The van der Waals surface area contributed by atoms with Crippen LogP contribution in [0.3, 0.4) is 0 Å². The lowest BCUT2D eigenvalue weighted by Crippen LogP contribution is -2.49. The molecule has 9 heteroatoms. The first-order valence-electron chi connectivity index (χ1n) is 9.75. The van der Waals surface area contributed by atoms with E-state index in [1.807, 2.05) is 0 Å². The fourth-order valence-corrected chi connectivity index (χ4v) is 9.58. The number of aromatic nitrogens is 1. The molecule has 0 radical (unpaired) electrons. The minimum atomic E-state index is -1.00. The van der Waals surface area contributed by atoms with Gasteiger partial charge < -0.3 is 10.1 Å². The molecule has 4 unspecified atom stereocenters. The number of carboxylic acids is 1. The van der Waals surface area contributed by atoms with Gasteiger partial charge in [0.1, 0.15) is 0 Å². The Labute approximate surface area is 169 Å². The van der Waals surface area contributed by atoms with Crippen LogP contribution >= 0.6 is 23.1 Å². The van der Waals surface area contributed by atoms with E-state index >= 15 is 0 Å². The summed E-state index contributed by atoms with van der Waals surface area (Å²) >= 11 is 2.96. The standard InChI is InChI=1S/C19H22N2O5S2/c1-3-19(2)12-7-6-8(13(12)27-15-14(19)28-18(26)20-15)11-10(7)16(24)21(17(11)25)5-4-9(22)23/h7-8,10-13H,3-6H2,1-2H3,(H,20,26)(H,22,23)/t7-,8-,10?,11?,12?,13?,19-/m0/s1. The Hall–Kier alpha value is -1.61. The highest BCUT2D eigenvalue weighted by atomic mass is 32.2. The van der Waals surface area contributed by atoms with Crippen molar-refractivity contribution in [1.29, 1.82) is 0 Å². The van der Waals surface area contributed by atoms with Gasteiger partial charge in [-0.25, -0.2) is 0 Å². The van der Waals surface area contributed by atoms with Gasteiger partial charge in [-0.2, -0.15) is 0 Å². The van der Waals surface area contributed by atoms with E-state index < -0.39 is 5.97 Å². The van der Waals surface area contributed by atoms with Crippen LogP contribution in [-0.2, 0) is 19.8 Å². The van der Waals surface area contributed by atoms with Crippen molar-refractivity contribution in [2.75, 3.05) is 6.54 Å². The highest BCUT2D eigenvalue weighted by Gasteiger charge is 2.71. The first-order valence-corrected chi connectivity index (χ1v) is 11.4. The number of nitrogens with zero attached hydrogens (tertiary/aromatic N) is 1. The van der Waals surface area contributed by atoms with E-state index in [1.54, 1.807) is 11.8 Å². The molecule has 7 nitrogen and oxygen atoms in total. The molecule has 0 aromatic carbocycles. The third kappa shape index (κ3) is 2.17. The van der Waals surface area contributed by atoms with Gasteiger partial charge in [-0.3, -0.25) is 24.1 Å². The number of hydrogen-bond acceptors (Lipinski definition) is 6. The molecule has 4 aliphatic rings. The smallest absolute Gasteiger partial charge is 0.305 e. The normalized spacial score (nSPS) is 40.6. The SMILES string of the molecule is CC[C@]1(C)c2sc(=O)[nH]c2SC2C1[C@H]1C[C@H]2C2C(=O)N(CCC(=O)O)C(=O)C21. The summed E-state index contributed by atoms with van der Waals surface area (Å²) in [6.45, 7) is 4.30. The maximum absolute atomic E-state index is 13.1. The number of imide groups is 1. The largest absolute Gasteiger partial charge is 0.481 e. The maximum Gasteiger partial charge on any atom is 0.305 e. The van der Waals surface area contributed by atoms with E-state index in [2.05, 4.69) is 18.8 Å². The molecule has 2 saturated carbocycles. The minimum absolute atomic E-state index is 0.0341. The number of carbonyl (C=O) groups is 3. The van der Waals surface area contributed by atoms with Gasteiger partial charge in [0.15, 0.2) is 0 Å². The van der Waals surface area contributed by atoms with Crippen molar-refractivity contribution in [3.63, 3.8) is 0 Å². The van der Waals surface area contributed by atoms with E-state index in [4.69, 9.17) is 5.11 Å². The second-order valence-electron chi connectivity index (χ2n) is 8.64. The number of fused-ring (bicyclic) bond motifs is 9. The van der Waals surface area contributed by atoms with Crippen LogP contribution in [0.4, 0.5) is 0 Å². The number of rotatable bonds is 4. The highest BCUT2D eigenvalue weighted by molar-refractivity contribution is 8.00. The number of amides is 2. The first-order chi connectivity index (χ1) is 13.3. The summed E-state index contributed by atoms with van der Waals surface area (Å²) in [5.74, 6) is -1.54. The molecule has 1 saturated heterocycles. The van der Waals surface area contributed by atoms with Gasteiger partial charge in [0, 0.05) is 22.1 Å². The molecule has 150 valence electrons.